The molecule has 192 valence electrons. The summed E-state index contributed by atoms with van der Waals surface area (Å²) in [7, 11) is 0. The van der Waals surface area contributed by atoms with Gasteiger partial charge in [0.05, 0.1) is 6.61 Å². The van der Waals surface area contributed by atoms with Crippen LogP contribution in [0.15, 0.2) is 84.9 Å². The van der Waals surface area contributed by atoms with E-state index in [9.17, 15) is 5.11 Å². The zero-order valence-corrected chi connectivity index (χ0v) is 22.7. The number of rotatable bonds is 10. The average Bonchev–Trinajstić information content (AvgIpc) is 2.89. The van der Waals surface area contributed by atoms with E-state index in [0.29, 0.717) is 18.4 Å². The van der Waals surface area contributed by atoms with Crippen LogP contribution in [0.1, 0.15) is 62.6 Å². The van der Waals surface area contributed by atoms with Gasteiger partial charge < -0.3 is 15.2 Å². The van der Waals surface area contributed by atoms with Crippen molar-refractivity contribution in [3.8, 4) is 33.8 Å². The lowest BCUT2D eigenvalue weighted by Gasteiger charge is -2.21. The number of ether oxygens (including phenoxy) is 1. The van der Waals surface area contributed by atoms with Crippen molar-refractivity contribution in [3.05, 3.63) is 102 Å². The first kappa shape index (κ1) is 26.3. The van der Waals surface area contributed by atoms with Crippen LogP contribution in [-0.4, -0.2) is 18.3 Å². The number of hydrogen-bond acceptors (Lipinski definition) is 3. The first-order chi connectivity index (χ1) is 17.9. The van der Waals surface area contributed by atoms with E-state index in [-0.39, 0.29) is 5.75 Å². The molecule has 2 N–H and O–H groups in total. The Morgan fingerprint density at radius 3 is 2.05 bits per heavy atom. The monoisotopic (exact) mass is 493 g/mol. The Hall–Kier alpha value is -3.72. The van der Waals surface area contributed by atoms with Crippen molar-refractivity contribution in [2.24, 2.45) is 0 Å². The van der Waals surface area contributed by atoms with Crippen molar-refractivity contribution in [2.45, 2.75) is 52.9 Å². The van der Waals surface area contributed by atoms with Crippen LogP contribution in [0.25, 0.3) is 22.3 Å². The molecule has 4 rings (SSSR count). The Bertz CT molecular complexity index is 1300. The zero-order valence-electron chi connectivity index (χ0n) is 22.7. The quantitative estimate of drug-likeness (QED) is 0.216. The summed E-state index contributed by atoms with van der Waals surface area (Å²) in [4.78, 5) is 0. The number of nitrogens with one attached hydrogen (secondary N) is 1. The highest BCUT2D eigenvalue weighted by Crippen LogP contribution is 2.42. The fourth-order valence-electron chi connectivity index (χ4n) is 4.81. The molecule has 0 atom stereocenters. The Kier molecular flexibility index (Phi) is 8.55. The Balaban J connectivity index is 1.49. The maximum Gasteiger partial charge on any atom is 0.131 e. The number of phenols is 1. The molecule has 4 aromatic rings. The maximum atomic E-state index is 11.2. The highest BCUT2D eigenvalue weighted by molar-refractivity contribution is 5.84. The van der Waals surface area contributed by atoms with Gasteiger partial charge in [0.15, 0.2) is 0 Å². The van der Waals surface area contributed by atoms with Crippen LogP contribution in [0.5, 0.6) is 11.5 Å². The van der Waals surface area contributed by atoms with Crippen molar-refractivity contribution >= 4 is 5.69 Å². The summed E-state index contributed by atoms with van der Waals surface area (Å²) in [6.07, 6.45) is 0.868. The molecule has 0 radical (unpaired) electrons. The van der Waals surface area contributed by atoms with Gasteiger partial charge in [-0.15, -0.1) is 0 Å². The smallest absolute Gasteiger partial charge is 0.131 e. The Labute approximate surface area is 222 Å². The minimum atomic E-state index is 0.275. The number of aryl methyl sites for hydroxylation is 1. The molecule has 0 aliphatic carbocycles. The number of hydrogen-bond donors (Lipinski definition) is 2. The van der Waals surface area contributed by atoms with Crippen molar-refractivity contribution in [1.82, 2.24) is 0 Å². The van der Waals surface area contributed by atoms with Crippen LogP contribution >= 0.6 is 0 Å². The standard InChI is InChI=1S/C34H39NO2/c1-23(2)27-14-9-15-28(24(3)4)33(27)35-20-11-21-37-32-19-18-25(5)22-31(32)30-17-10-16-29(34(30)36)26-12-7-6-8-13-26/h6-10,12-19,22-24,35-36H,11,20-21H2,1-5H3. The van der Waals surface area contributed by atoms with Crippen molar-refractivity contribution in [1.29, 1.82) is 0 Å². The number of aromatic hydroxyl groups is 1. The van der Waals surface area contributed by atoms with Crippen LogP contribution < -0.4 is 10.1 Å². The minimum absolute atomic E-state index is 0.275. The summed E-state index contributed by atoms with van der Waals surface area (Å²) in [5.74, 6) is 1.99. The normalized spacial score (nSPS) is 11.2. The summed E-state index contributed by atoms with van der Waals surface area (Å²) >= 11 is 0. The molecule has 3 heteroatoms. The summed E-state index contributed by atoms with van der Waals surface area (Å²) in [5.41, 5.74) is 8.63. The number of benzene rings is 4. The molecule has 0 unspecified atom stereocenters. The highest BCUT2D eigenvalue weighted by atomic mass is 16.5. The zero-order chi connectivity index (χ0) is 26.4. The fraction of sp³-hybridized carbons (Fsp3) is 0.294. The molecule has 0 heterocycles. The highest BCUT2D eigenvalue weighted by Gasteiger charge is 2.16. The lowest BCUT2D eigenvalue weighted by molar-refractivity contribution is 0.316. The van der Waals surface area contributed by atoms with Crippen LogP contribution in [-0.2, 0) is 0 Å². The van der Waals surface area contributed by atoms with Gasteiger partial charge >= 0.3 is 0 Å². The second kappa shape index (κ2) is 12.0. The van der Waals surface area contributed by atoms with Crippen LogP contribution in [0.4, 0.5) is 5.69 Å². The second-order valence-corrected chi connectivity index (χ2v) is 10.3. The molecular weight excluding hydrogens is 454 g/mol. The van der Waals surface area contributed by atoms with E-state index in [1.54, 1.807) is 0 Å². The van der Waals surface area contributed by atoms with E-state index >= 15 is 0 Å². The Morgan fingerprint density at radius 1 is 0.730 bits per heavy atom. The first-order valence-electron chi connectivity index (χ1n) is 13.3. The molecule has 0 spiro atoms. The number of phenolic OH excluding ortho intramolecular Hbond substituents is 1. The largest absolute Gasteiger partial charge is 0.507 e. The van der Waals surface area contributed by atoms with E-state index < -0.39 is 0 Å². The molecule has 0 amide bonds. The summed E-state index contributed by atoms with van der Waals surface area (Å²) in [6.45, 7) is 12.5. The van der Waals surface area contributed by atoms with Crippen molar-refractivity contribution in [2.75, 3.05) is 18.5 Å². The molecule has 0 aliphatic heterocycles. The van der Waals surface area contributed by atoms with Gasteiger partial charge in [0.25, 0.3) is 0 Å². The molecular formula is C34H39NO2. The van der Waals surface area contributed by atoms with Crippen LogP contribution in [0, 0.1) is 6.92 Å². The summed E-state index contributed by atoms with van der Waals surface area (Å²) in [6, 6.07) is 28.7. The molecule has 3 nitrogen and oxygen atoms in total. The topological polar surface area (TPSA) is 41.5 Å². The third-order valence-electron chi connectivity index (χ3n) is 6.80. The van der Waals surface area contributed by atoms with Gasteiger partial charge in [0, 0.05) is 28.9 Å². The molecule has 0 saturated heterocycles. The van der Waals surface area contributed by atoms with E-state index in [1.165, 1.54) is 16.8 Å². The molecule has 4 aromatic carbocycles. The molecule has 0 aliphatic rings. The molecule has 0 bridgehead atoms. The lowest BCUT2D eigenvalue weighted by atomic mass is 9.92. The lowest BCUT2D eigenvalue weighted by Crippen LogP contribution is -2.12. The summed E-state index contributed by atoms with van der Waals surface area (Å²) < 4.78 is 6.29. The van der Waals surface area contributed by atoms with Gasteiger partial charge in [0.2, 0.25) is 0 Å². The van der Waals surface area contributed by atoms with Crippen LogP contribution in [0.2, 0.25) is 0 Å². The minimum Gasteiger partial charge on any atom is -0.507 e. The van der Waals surface area contributed by atoms with Crippen molar-refractivity contribution in [3.63, 3.8) is 0 Å². The van der Waals surface area contributed by atoms with Crippen molar-refractivity contribution < 1.29 is 9.84 Å². The third kappa shape index (κ3) is 6.17. The summed E-state index contributed by atoms with van der Waals surface area (Å²) in [5, 5.41) is 14.9. The van der Waals surface area contributed by atoms with Gasteiger partial charge in [-0.1, -0.05) is 106 Å². The predicted molar refractivity (Wildman–Crippen MR) is 157 cm³/mol. The van der Waals surface area contributed by atoms with E-state index in [2.05, 4.69) is 70.3 Å². The molecule has 37 heavy (non-hydrogen) atoms. The van der Waals surface area contributed by atoms with E-state index in [0.717, 1.165) is 46.5 Å². The predicted octanol–water partition coefficient (Wildman–Crippen LogP) is 9.16. The first-order valence-corrected chi connectivity index (χ1v) is 13.3. The van der Waals surface area contributed by atoms with Gasteiger partial charge in [-0.2, -0.15) is 0 Å². The molecule has 0 aromatic heterocycles. The number of para-hydroxylation sites is 2. The van der Waals surface area contributed by atoms with Gasteiger partial charge in [-0.25, -0.2) is 0 Å². The van der Waals surface area contributed by atoms with E-state index in [4.69, 9.17) is 4.74 Å². The molecule has 0 saturated carbocycles. The maximum absolute atomic E-state index is 11.2. The third-order valence-corrected chi connectivity index (χ3v) is 6.80. The fourth-order valence-corrected chi connectivity index (χ4v) is 4.81. The van der Waals surface area contributed by atoms with E-state index in [1.807, 2.05) is 54.6 Å². The van der Waals surface area contributed by atoms with Gasteiger partial charge in [-0.05, 0) is 54.0 Å². The molecule has 0 fully saturated rings. The van der Waals surface area contributed by atoms with Crippen LogP contribution in [0.3, 0.4) is 0 Å². The number of anilines is 1. The van der Waals surface area contributed by atoms with Gasteiger partial charge in [0.1, 0.15) is 11.5 Å². The SMILES string of the molecule is Cc1ccc(OCCCNc2c(C(C)C)cccc2C(C)C)c(-c2cccc(-c3ccccc3)c2O)c1. The van der Waals surface area contributed by atoms with Gasteiger partial charge in [-0.3, -0.25) is 0 Å². The second-order valence-electron chi connectivity index (χ2n) is 10.3. The average molecular weight is 494 g/mol. The Morgan fingerprint density at radius 2 is 1.38 bits per heavy atom.